The first kappa shape index (κ1) is 13.1. The Labute approximate surface area is 113 Å². The topological polar surface area (TPSA) is 55.4 Å². The van der Waals surface area contributed by atoms with Gasteiger partial charge in [-0.15, -0.1) is 0 Å². The van der Waals surface area contributed by atoms with Crippen molar-refractivity contribution in [3.63, 3.8) is 0 Å². The van der Waals surface area contributed by atoms with Gasteiger partial charge in [0.2, 0.25) is 0 Å². The lowest BCUT2D eigenvalue weighted by Crippen LogP contribution is -2.15. The van der Waals surface area contributed by atoms with Crippen LogP contribution in [0.2, 0.25) is 0 Å². The minimum Gasteiger partial charge on any atom is -0.444 e. The molecule has 0 saturated carbocycles. The number of ether oxygens (including phenoxy) is 1. The molecule has 4 heteroatoms. The lowest BCUT2D eigenvalue weighted by Gasteiger charge is -2.09. The van der Waals surface area contributed by atoms with E-state index in [9.17, 15) is 9.59 Å². The second-order valence-electron chi connectivity index (χ2n) is 4.20. The van der Waals surface area contributed by atoms with E-state index in [1.165, 1.54) is 0 Å². The van der Waals surface area contributed by atoms with Gasteiger partial charge in [-0.1, -0.05) is 30.4 Å². The third-order valence-electron chi connectivity index (χ3n) is 2.71. The number of hydrogen-bond donors (Lipinski definition) is 1. The summed E-state index contributed by atoms with van der Waals surface area (Å²) in [6.07, 6.45) is 8.30. The van der Waals surface area contributed by atoms with Crippen LogP contribution in [0.25, 0.3) is 0 Å². The van der Waals surface area contributed by atoms with Crippen molar-refractivity contribution in [2.24, 2.45) is 0 Å². The fraction of sp³-hybridized carbons (Fsp3) is 0.200. The van der Waals surface area contributed by atoms with E-state index in [0.29, 0.717) is 11.3 Å². The summed E-state index contributed by atoms with van der Waals surface area (Å²) >= 11 is 0. The van der Waals surface area contributed by atoms with Gasteiger partial charge in [0.05, 0.1) is 0 Å². The zero-order chi connectivity index (χ0) is 13.5. The molecule has 1 aliphatic carbocycles. The summed E-state index contributed by atoms with van der Waals surface area (Å²) in [7, 11) is 0. The Bertz CT molecular complexity index is 538. The summed E-state index contributed by atoms with van der Waals surface area (Å²) < 4.78 is 5.10. The second kappa shape index (κ2) is 6.54. The van der Waals surface area contributed by atoms with Gasteiger partial charge in [-0.05, 0) is 30.5 Å². The first-order chi connectivity index (χ1) is 9.28. The fourth-order valence-corrected chi connectivity index (χ4v) is 1.77. The molecule has 4 nitrogen and oxygen atoms in total. The summed E-state index contributed by atoms with van der Waals surface area (Å²) in [6, 6.07) is 6.66. The van der Waals surface area contributed by atoms with Gasteiger partial charge in [0.25, 0.3) is 0 Å². The summed E-state index contributed by atoms with van der Waals surface area (Å²) in [6.45, 7) is 0.260. The Hall–Kier alpha value is -2.36. The zero-order valence-electron chi connectivity index (χ0n) is 10.5. The highest BCUT2D eigenvalue weighted by Gasteiger charge is 2.05. The molecule has 0 spiro atoms. The molecule has 1 N–H and O–H groups in total. The van der Waals surface area contributed by atoms with Gasteiger partial charge in [-0.3, -0.25) is 10.1 Å². The number of carbonyl (C=O) groups is 2. The van der Waals surface area contributed by atoms with Crippen LogP contribution in [0.3, 0.4) is 0 Å². The number of hydrogen-bond acceptors (Lipinski definition) is 3. The molecule has 0 heterocycles. The first-order valence-electron chi connectivity index (χ1n) is 6.12. The number of nitrogens with one attached hydrogen (secondary N) is 1. The van der Waals surface area contributed by atoms with Crippen LogP contribution >= 0.6 is 0 Å². The molecule has 0 atom stereocenters. The summed E-state index contributed by atoms with van der Waals surface area (Å²) in [5, 5.41) is 2.58. The van der Waals surface area contributed by atoms with E-state index in [4.69, 9.17) is 4.74 Å². The minimum absolute atomic E-state index is 0. The smallest absolute Gasteiger partial charge is 0.411 e. The monoisotopic (exact) mass is 259 g/mol. The highest BCUT2D eigenvalue weighted by atomic mass is 16.5. The normalized spacial score (nSPS) is 13.6. The van der Waals surface area contributed by atoms with Crippen molar-refractivity contribution in [3.8, 4) is 0 Å². The molecule has 1 aromatic carbocycles. The highest BCUT2D eigenvalue weighted by Crippen LogP contribution is 2.12. The lowest BCUT2D eigenvalue weighted by molar-refractivity contribution is 0.112. The lowest BCUT2D eigenvalue weighted by atomic mass is 10.1. The van der Waals surface area contributed by atoms with E-state index in [-0.39, 0.29) is 8.03 Å². The maximum absolute atomic E-state index is 11.6. The van der Waals surface area contributed by atoms with Crippen LogP contribution in [0.15, 0.2) is 48.1 Å². The summed E-state index contributed by atoms with van der Waals surface area (Å²) in [5.74, 6) is 0. The average molecular weight is 259 g/mol. The molecule has 0 aliphatic heterocycles. The van der Waals surface area contributed by atoms with Crippen molar-refractivity contribution in [2.75, 3.05) is 11.9 Å². The fourth-order valence-electron chi connectivity index (χ4n) is 1.77. The maximum Gasteiger partial charge on any atom is 0.411 e. The predicted octanol–water partition coefficient (Wildman–Crippen LogP) is 3.57. The van der Waals surface area contributed by atoms with Gasteiger partial charge in [-0.25, -0.2) is 4.79 Å². The number of allylic oxidation sites excluding steroid dienone is 2. The van der Waals surface area contributed by atoms with E-state index >= 15 is 0 Å². The number of anilines is 1. The number of aldehydes is 1. The number of rotatable bonds is 4. The van der Waals surface area contributed by atoms with Gasteiger partial charge < -0.3 is 4.74 Å². The van der Waals surface area contributed by atoms with E-state index in [0.717, 1.165) is 24.7 Å². The van der Waals surface area contributed by atoms with Gasteiger partial charge in [0.15, 0.2) is 0 Å². The molecule has 0 fully saturated rings. The third kappa shape index (κ3) is 4.10. The van der Waals surface area contributed by atoms with E-state index in [1.54, 1.807) is 24.3 Å². The van der Waals surface area contributed by atoms with Gasteiger partial charge in [0.1, 0.15) is 12.9 Å². The molecule has 1 amide bonds. The molecule has 0 unspecified atom stereocenters. The van der Waals surface area contributed by atoms with Crippen molar-refractivity contribution < 1.29 is 15.8 Å². The van der Waals surface area contributed by atoms with Crippen LogP contribution in [0.5, 0.6) is 0 Å². The van der Waals surface area contributed by atoms with Crippen molar-refractivity contribution in [1.29, 1.82) is 0 Å². The van der Waals surface area contributed by atoms with E-state index < -0.39 is 6.09 Å². The Balaban J connectivity index is 0.00000200. The van der Waals surface area contributed by atoms with Crippen LogP contribution < -0.4 is 5.32 Å². The minimum atomic E-state index is -0.525. The molecule has 19 heavy (non-hydrogen) atoms. The molecular formula is C15H17NO3. The molecule has 0 radical (unpaired) electrons. The molecule has 0 aromatic heterocycles. The molecule has 0 saturated heterocycles. The van der Waals surface area contributed by atoms with Gasteiger partial charge >= 0.3 is 6.09 Å². The molecule has 1 aliphatic rings. The first-order valence-corrected chi connectivity index (χ1v) is 6.12. The Morgan fingerprint density at radius 3 is 3.05 bits per heavy atom. The zero-order valence-corrected chi connectivity index (χ0v) is 10.5. The van der Waals surface area contributed by atoms with Crippen molar-refractivity contribution in [2.45, 2.75) is 12.8 Å². The van der Waals surface area contributed by atoms with Crippen LogP contribution in [0.1, 0.15) is 24.6 Å². The van der Waals surface area contributed by atoms with Crippen LogP contribution in [0.4, 0.5) is 10.5 Å². The van der Waals surface area contributed by atoms with E-state index in [1.807, 2.05) is 6.08 Å². The molecule has 100 valence electrons. The predicted molar refractivity (Wildman–Crippen MR) is 75.4 cm³/mol. The van der Waals surface area contributed by atoms with Gasteiger partial charge in [0, 0.05) is 12.7 Å². The molecular weight excluding hydrogens is 242 g/mol. The third-order valence-corrected chi connectivity index (χ3v) is 2.71. The largest absolute Gasteiger partial charge is 0.444 e. The van der Waals surface area contributed by atoms with Crippen molar-refractivity contribution in [1.82, 2.24) is 0 Å². The summed E-state index contributed by atoms with van der Waals surface area (Å²) in [5.41, 5.74) is 2.06. The standard InChI is InChI=1S/C15H15NO3.H2/c17-10-13-7-4-8-14(9-13)16-15(18)19-11-12-5-2-1-3-6-12;/h2,4-10H,1,3,11H2,(H,16,18);1H. The molecule has 2 rings (SSSR count). The summed E-state index contributed by atoms with van der Waals surface area (Å²) in [4.78, 5) is 22.2. The number of amides is 1. The van der Waals surface area contributed by atoms with E-state index in [2.05, 4.69) is 17.5 Å². The number of carbonyl (C=O) groups excluding carboxylic acids is 2. The Morgan fingerprint density at radius 1 is 1.42 bits per heavy atom. The second-order valence-corrected chi connectivity index (χ2v) is 4.20. The number of benzene rings is 1. The van der Waals surface area contributed by atoms with Crippen LogP contribution in [-0.4, -0.2) is 19.0 Å². The SMILES string of the molecule is O=Cc1cccc(NC(=O)OCC2=CCCC=C2)c1.[HH]. The van der Waals surface area contributed by atoms with Gasteiger partial charge in [-0.2, -0.15) is 0 Å². The average Bonchev–Trinajstić information content (AvgIpc) is 2.46. The maximum atomic E-state index is 11.6. The Kier molecular flexibility index (Phi) is 4.50. The van der Waals surface area contributed by atoms with Crippen molar-refractivity contribution in [3.05, 3.63) is 53.6 Å². The Morgan fingerprint density at radius 2 is 2.32 bits per heavy atom. The van der Waals surface area contributed by atoms with Crippen molar-refractivity contribution >= 4 is 18.1 Å². The highest BCUT2D eigenvalue weighted by molar-refractivity contribution is 5.86. The quantitative estimate of drug-likeness (QED) is 0.841. The van der Waals surface area contributed by atoms with Crippen LogP contribution in [-0.2, 0) is 4.74 Å². The molecule has 0 bridgehead atoms. The molecule has 1 aromatic rings. The van der Waals surface area contributed by atoms with Crippen LogP contribution in [0, 0.1) is 0 Å².